The van der Waals surface area contributed by atoms with Crippen LogP contribution in [-0.4, -0.2) is 64.3 Å². The quantitative estimate of drug-likeness (QED) is 0.524. The van der Waals surface area contributed by atoms with Crippen molar-refractivity contribution in [2.45, 2.75) is 70.7 Å². The summed E-state index contributed by atoms with van der Waals surface area (Å²) in [6, 6.07) is 5.11. The molecule has 1 spiro atoms. The second-order valence-corrected chi connectivity index (χ2v) is 10.8. The van der Waals surface area contributed by atoms with Gasteiger partial charge in [-0.15, -0.1) is 0 Å². The summed E-state index contributed by atoms with van der Waals surface area (Å²) in [6.45, 7) is 9.35. The molecule has 3 aliphatic rings. The van der Waals surface area contributed by atoms with Crippen molar-refractivity contribution in [3.63, 3.8) is 0 Å². The Morgan fingerprint density at radius 1 is 1.31 bits per heavy atom. The minimum absolute atomic E-state index is 0.0729. The highest BCUT2D eigenvalue weighted by molar-refractivity contribution is 6.30. The van der Waals surface area contributed by atoms with Gasteiger partial charge in [-0.25, -0.2) is 0 Å². The highest BCUT2D eigenvalue weighted by atomic mass is 35.5. The number of carbonyl (C=O) groups excluding carboxylic acids is 3. The molecule has 0 aromatic heterocycles. The van der Waals surface area contributed by atoms with Gasteiger partial charge in [0.25, 0.3) is 0 Å². The number of aliphatic hydroxyl groups is 1. The fraction of sp³-hybridized carbons (Fsp3) is 0.654. The summed E-state index contributed by atoms with van der Waals surface area (Å²) in [4.78, 5) is 42.7. The number of rotatable bonds is 8. The number of esters is 1. The zero-order valence-electron chi connectivity index (χ0n) is 20.9. The summed E-state index contributed by atoms with van der Waals surface area (Å²) in [6.07, 6.45) is 1.15. The first-order chi connectivity index (χ1) is 16.5. The summed E-state index contributed by atoms with van der Waals surface area (Å²) in [7, 11) is 0. The molecule has 9 heteroatoms. The van der Waals surface area contributed by atoms with Crippen LogP contribution in [0.1, 0.15) is 47.5 Å². The third-order valence-corrected chi connectivity index (χ3v) is 8.75. The second kappa shape index (κ2) is 9.37. The van der Waals surface area contributed by atoms with Crippen molar-refractivity contribution in [3.05, 3.63) is 29.3 Å². The molecule has 3 saturated heterocycles. The van der Waals surface area contributed by atoms with Crippen LogP contribution >= 0.6 is 11.6 Å². The van der Waals surface area contributed by atoms with Gasteiger partial charge in [-0.2, -0.15) is 0 Å². The van der Waals surface area contributed by atoms with Gasteiger partial charge in [0.2, 0.25) is 11.8 Å². The predicted octanol–water partition coefficient (Wildman–Crippen LogP) is 3.26. The summed E-state index contributed by atoms with van der Waals surface area (Å²) >= 11 is 6.00. The number of halogens is 1. The minimum atomic E-state index is -1.19. The van der Waals surface area contributed by atoms with E-state index in [2.05, 4.69) is 5.32 Å². The van der Waals surface area contributed by atoms with Crippen LogP contribution in [0.2, 0.25) is 5.02 Å². The van der Waals surface area contributed by atoms with Gasteiger partial charge in [0, 0.05) is 10.7 Å². The van der Waals surface area contributed by atoms with E-state index < -0.39 is 47.0 Å². The molecule has 1 aromatic carbocycles. The fourth-order valence-corrected chi connectivity index (χ4v) is 6.61. The number of nitrogens with one attached hydrogen (secondary N) is 1. The number of anilines is 1. The van der Waals surface area contributed by atoms with Gasteiger partial charge in [0.15, 0.2) is 0 Å². The molecule has 4 rings (SSSR count). The van der Waals surface area contributed by atoms with Crippen molar-refractivity contribution in [2.75, 3.05) is 18.5 Å². The second-order valence-electron chi connectivity index (χ2n) is 10.3. The number of amides is 2. The first-order valence-corrected chi connectivity index (χ1v) is 12.8. The van der Waals surface area contributed by atoms with Gasteiger partial charge < -0.3 is 24.8 Å². The molecular formula is C26H35ClN2O6. The standard InChI is InChI=1S/C26H35ClN2O6/c1-6-14(3)18(13-30)29-21(22(31)28-17-10-8-16(27)9-11-17)26-12-15(4)25(5,35-26)20(19(26)23(29)32)24(33)34-7-2/h8-11,14-15,18-21,30H,6-7,12-13H2,1-5H3,(H,28,31)/t14-,15?,18-,19-,20+,21?,25-,26?/m0/s1. The maximum Gasteiger partial charge on any atom is 0.312 e. The number of fused-ring (bicyclic) bond motifs is 1. The van der Waals surface area contributed by atoms with Crippen LogP contribution in [0.5, 0.6) is 0 Å². The van der Waals surface area contributed by atoms with E-state index in [9.17, 15) is 19.5 Å². The van der Waals surface area contributed by atoms with E-state index >= 15 is 0 Å². The predicted molar refractivity (Wildman–Crippen MR) is 131 cm³/mol. The molecule has 3 heterocycles. The molecule has 3 unspecified atom stereocenters. The third kappa shape index (κ3) is 3.85. The van der Waals surface area contributed by atoms with E-state index in [0.29, 0.717) is 23.6 Å². The van der Waals surface area contributed by atoms with Gasteiger partial charge in [-0.1, -0.05) is 38.8 Å². The molecule has 1 aromatic rings. The fourth-order valence-electron chi connectivity index (χ4n) is 6.48. The number of nitrogens with zero attached hydrogens (tertiary/aromatic N) is 1. The Hall–Kier alpha value is -2.16. The van der Waals surface area contributed by atoms with Crippen molar-refractivity contribution in [1.29, 1.82) is 0 Å². The molecule has 0 saturated carbocycles. The Labute approximate surface area is 211 Å². The largest absolute Gasteiger partial charge is 0.466 e. The number of hydrogen-bond donors (Lipinski definition) is 2. The van der Waals surface area contributed by atoms with Gasteiger partial charge in [-0.3, -0.25) is 14.4 Å². The topological polar surface area (TPSA) is 105 Å². The molecule has 3 aliphatic heterocycles. The average molecular weight is 507 g/mol. The molecule has 3 fully saturated rings. The minimum Gasteiger partial charge on any atom is -0.466 e. The number of benzene rings is 1. The van der Waals surface area contributed by atoms with Crippen LogP contribution in [0, 0.1) is 23.7 Å². The monoisotopic (exact) mass is 506 g/mol. The lowest BCUT2D eigenvalue weighted by Crippen LogP contribution is -2.57. The van der Waals surface area contributed by atoms with Gasteiger partial charge in [0.1, 0.15) is 17.6 Å². The van der Waals surface area contributed by atoms with E-state index in [1.807, 2.05) is 27.7 Å². The van der Waals surface area contributed by atoms with Crippen LogP contribution in [0.25, 0.3) is 0 Å². The lowest BCUT2D eigenvalue weighted by Gasteiger charge is -2.39. The van der Waals surface area contributed by atoms with Crippen molar-refractivity contribution in [3.8, 4) is 0 Å². The Bertz CT molecular complexity index is 1000. The molecule has 192 valence electrons. The molecule has 8 nitrogen and oxygen atoms in total. The Kier molecular flexibility index (Phi) is 6.94. The van der Waals surface area contributed by atoms with Crippen LogP contribution in [0.4, 0.5) is 5.69 Å². The van der Waals surface area contributed by atoms with Crippen molar-refractivity contribution >= 4 is 35.1 Å². The maximum absolute atomic E-state index is 14.1. The van der Waals surface area contributed by atoms with Gasteiger partial charge in [-0.05, 0) is 56.4 Å². The number of likely N-dealkylation sites (tertiary alicyclic amines) is 1. The van der Waals surface area contributed by atoms with Crippen LogP contribution in [0.15, 0.2) is 24.3 Å². The highest BCUT2D eigenvalue weighted by Gasteiger charge is 2.80. The molecular weight excluding hydrogens is 472 g/mol. The SMILES string of the molecule is CCOC(=O)[C@H]1[C@H]2C(=O)N([C@@H](CO)[C@@H](C)CC)C(C(=O)Nc3ccc(Cl)cc3)C23CC(C)[C@]1(C)O3. The molecule has 35 heavy (non-hydrogen) atoms. The van der Waals surface area contributed by atoms with E-state index in [1.54, 1.807) is 31.2 Å². The number of aliphatic hydroxyl groups excluding tert-OH is 1. The summed E-state index contributed by atoms with van der Waals surface area (Å²) in [5.74, 6) is -3.07. The average Bonchev–Trinajstić information content (AvgIpc) is 3.33. The highest BCUT2D eigenvalue weighted by Crippen LogP contribution is 2.65. The molecule has 8 atom stereocenters. The van der Waals surface area contributed by atoms with E-state index in [4.69, 9.17) is 21.1 Å². The molecule has 0 aliphatic carbocycles. The summed E-state index contributed by atoms with van der Waals surface area (Å²) in [5, 5.41) is 13.8. The maximum atomic E-state index is 14.1. The number of hydrogen-bond acceptors (Lipinski definition) is 6. The van der Waals surface area contributed by atoms with Crippen molar-refractivity contribution in [1.82, 2.24) is 4.90 Å². The molecule has 0 radical (unpaired) electrons. The van der Waals surface area contributed by atoms with Crippen molar-refractivity contribution in [2.24, 2.45) is 23.7 Å². The zero-order valence-corrected chi connectivity index (χ0v) is 21.7. The van der Waals surface area contributed by atoms with Crippen LogP contribution in [-0.2, 0) is 23.9 Å². The van der Waals surface area contributed by atoms with Gasteiger partial charge in [0.05, 0.1) is 30.8 Å². The Morgan fingerprint density at radius 3 is 2.54 bits per heavy atom. The zero-order chi connectivity index (χ0) is 25.7. The smallest absolute Gasteiger partial charge is 0.312 e. The third-order valence-electron chi connectivity index (χ3n) is 8.50. The van der Waals surface area contributed by atoms with E-state index in [0.717, 1.165) is 0 Å². The molecule has 2 bridgehead atoms. The van der Waals surface area contributed by atoms with E-state index in [-0.39, 0.29) is 31.0 Å². The summed E-state index contributed by atoms with van der Waals surface area (Å²) < 4.78 is 12.0. The van der Waals surface area contributed by atoms with Crippen LogP contribution in [0.3, 0.4) is 0 Å². The first kappa shape index (κ1) is 25.9. The van der Waals surface area contributed by atoms with E-state index in [1.165, 1.54) is 4.90 Å². The summed E-state index contributed by atoms with van der Waals surface area (Å²) in [5.41, 5.74) is -1.59. The van der Waals surface area contributed by atoms with Crippen molar-refractivity contribution < 1.29 is 29.0 Å². The number of carbonyl (C=O) groups is 3. The first-order valence-electron chi connectivity index (χ1n) is 12.4. The lowest BCUT2D eigenvalue weighted by molar-refractivity contribution is -0.162. The molecule has 2 amide bonds. The molecule has 2 N–H and O–H groups in total. The number of ether oxygens (including phenoxy) is 2. The van der Waals surface area contributed by atoms with Crippen LogP contribution < -0.4 is 5.32 Å². The Balaban J connectivity index is 1.82. The van der Waals surface area contributed by atoms with Gasteiger partial charge >= 0.3 is 5.97 Å². The Morgan fingerprint density at radius 2 is 1.97 bits per heavy atom. The normalized spacial score (nSPS) is 35.1. The lowest BCUT2D eigenvalue weighted by atomic mass is 9.62.